The molecule has 0 N–H and O–H groups in total. The lowest BCUT2D eigenvalue weighted by molar-refractivity contribution is 0.0336. The van der Waals surface area contributed by atoms with Gasteiger partial charge in [-0.3, -0.25) is 4.90 Å². The van der Waals surface area contributed by atoms with Crippen molar-refractivity contribution >= 4 is 0 Å². The van der Waals surface area contributed by atoms with Crippen molar-refractivity contribution in [2.45, 2.75) is 6.54 Å². The van der Waals surface area contributed by atoms with Crippen LogP contribution >= 0.6 is 0 Å². The zero-order chi connectivity index (χ0) is 15.4. The summed E-state index contributed by atoms with van der Waals surface area (Å²) in [6.45, 7) is 3.98. The van der Waals surface area contributed by atoms with Gasteiger partial charge in [-0.15, -0.1) is 10.1 Å². The number of methoxy groups -OCH3 is 2. The molecule has 0 unspecified atom stereocenters. The van der Waals surface area contributed by atoms with Gasteiger partial charge in [-0.1, -0.05) is 5.21 Å². The van der Waals surface area contributed by atoms with Gasteiger partial charge in [0.25, 0.3) is 5.95 Å². The SMILES string of the molecule is COc1nc(OC)nc(-n2cc(CN3CCOCC3)nn2)n1. The van der Waals surface area contributed by atoms with Crippen LogP contribution in [0.5, 0.6) is 12.0 Å². The summed E-state index contributed by atoms with van der Waals surface area (Å²) in [4.78, 5) is 14.5. The highest BCUT2D eigenvalue weighted by Gasteiger charge is 2.15. The maximum atomic E-state index is 5.33. The third kappa shape index (κ3) is 3.28. The minimum absolute atomic E-state index is 0.159. The molecule has 1 aliphatic heterocycles. The number of aromatic nitrogens is 6. The molecule has 1 saturated heterocycles. The molecule has 0 atom stereocenters. The van der Waals surface area contributed by atoms with Gasteiger partial charge in [0.1, 0.15) is 0 Å². The van der Waals surface area contributed by atoms with Gasteiger partial charge in [0.05, 0.1) is 39.3 Å². The first-order valence-corrected chi connectivity index (χ1v) is 6.84. The molecule has 0 radical (unpaired) electrons. The van der Waals surface area contributed by atoms with Gasteiger partial charge in [-0.05, 0) is 0 Å². The number of rotatable bonds is 5. The molecule has 22 heavy (non-hydrogen) atoms. The van der Waals surface area contributed by atoms with Crippen LogP contribution in [0.15, 0.2) is 6.20 Å². The summed E-state index contributed by atoms with van der Waals surface area (Å²) in [7, 11) is 2.95. The predicted molar refractivity (Wildman–Crippen MR) is 73.9 cm³/mol. The Bertz CT molecular complexity index is 605. The number of hydrogen-bond acceptors (Lipinski definition) is 9. The van der Waals surface area contributed by atoms with Crippen molar-refractivity contribution in [1.82, 2.24) is 34.8 Å². The average molecular weight is 307 g/mol. The number of hydrogen-bond donors (Lipinski definition) is 0. The summed E-state index contributed by atoms with van der Waals surface area (Å²) in [6.07, 6.45) is 1.78. The first-order valence-electron chi connectivity index (χ1n) is 6.84. The van der Waals surface area contributed by atoms with E-state index in [-0.39, 0.29) is 12.0 Å². The highest BCUT2D eigenvalue weighted by atomic mass is 16.5. The molecule has 0 saturated carbocycles. The first-order chi connectivity index (χ1) is 10.8. The Labute approximate surface area is 127 Å². The zero-order valence-corrected chi connectivity index (χ0v) is 12.5. The van der Waals surface area contributed by atoms with Gasteiger partial charge in [-0.2, -0.15) is 14.6 Å². The molecule has 0 amide bonds. The van der Waals surface area contributed by atoms with Crippen LogP contribution in [-0.2, 0) is 11.3 Å². The Morgan fingerprint density at radius 2 is 1.77 bits per heavy atom. The van der Waals surface area contributed by atoms with E-state index in [0.29, 0.717) is 12.5 Å². The van der Waals surface area contributed by atoms with Crippen molar-refractivity contribution in [2.24, 2.45) is 0 Å². The minimum atomic E-state index is 0.159. The number of nitrogens with zero attached hydrogens (tertiary/aromatic N) is 7. The van der Waals surface area contributed by atoms with Crippen LogP contribution in [0.25, 0.3) is 5.95 Å². The zero-order valence-electron chi connectivity index (χ0n) is 12.5. The lowest BCUT2D eigenvalue weighted by Crippen LogP contribution is -2.35. The van der Waals surface area contributed by atoms with E-state index in [0.717, 1.165) is 32.0 Å². The van der Waals surface area contributed by atoms with Gasteiger partial charge in [-0.25, -0.2) is 0 Å². The van der Waals surface area contributed by atoms with Gasteiger partial charge >= 0.3 is 12.0 Å². The Hall–Kier alpha value is -2.33. The highest BCUT2D eigenvalue weighted by Crippen LogP contribution is 2.12. The molecule has 0 aliphatic carbocycles. The summed E-state index contributed by atoms with van der Waals surface area (Å²) < 4.78 is 16.8. The average Bonchev–Trinajstić information content (AvgIpc) is 3.03. The fraction of sp³-hybridized carbons (Fsp3) is 0.583. The standard InChI is InChI=1S/C12H17N7O3/c1-20-11-13-10(14-12(15-11)21-2)19-8-9(16-17-19)7-18-3-5-22-6-4-18/h8H,3-7H2,1-2H3. The molecule has 1 aliphatic rings. The van der Waals surface area contributed by atoms with Crippen LogP contribution in [0.3, 0.4) is 0 Å². The van der Waals surface area contributed by atoms with Crippen LogP contribution in [0, 0.1) is 0 Å². The summed E-state index contributed by atoms with van der Waals surface area (Å²) in [5.41, 5.74) is 0.834. The van der Waals surface area contributed by atoms with Crippen molar-refractivity contribution < 1.29 is 14.2 Å². The van der Waals surface area contributed by atoms with Crippen LogP contribution in [0.2, 0.25) is 0 Å². The van der Waals surface area contributed by atoms with E-state index >= 15 is 0 Å². The molecule has 3 heterocycles. The first kappa shape index (κ1) is 14.6. The van der Waals surface area contributed by atoms with E-state index in [1.165, 1.54) is 18.9 Å². The molecule has 10 nitrogen and oxygen atoms in total. The molecule has 0 aromatic carbocycles. The third-order valence-electron chi connectivity index (χ3n) is 3.18. The summed E-state index contributed by atoms with van der Waals surface area (Å²) in [6, 6.07) is 0.319. The highest BCUT2D eigenvalue weighted by molar-refractivity contribution is 5.16. The van der Waals surface area contributed by atoms with Crippen LogP contribution < -0.4 is 9.47 Å². The van der Waals surface area contributed by atoms with E-state index in [1.54, 1.807) is 6.20 Å². The Morgan fingerprint density at radius 3 is 2.41 bits per heavy atom. The van der Waals surface area contributed by atoms with Crippen molar-refractivity contribution in [3.8, 4) is 18.0 Å². The lowest BCUT2D eigenvalue weighted by atomic mass is 10.3. The van der Waals surface area contributed by atoms with Gasteiger partial charge in [0.2, 0.25) is 0 Å². The number of ether oxygens (including phenoxy) is 3. The van der Waals surface area contributed by atoms with Crippen LogP contribution in [0.1, 0.15) is 5.69 Å². The van der Waals surface area contributed by atoms with E-state index < -0.39 is 0 Å². The maximum Gasteiger partial charge on any atom is 0.324 e. The molecular formula is C12H17N7O3. The number of morpholine rings is 1. The van der Waals surface area contributed by atoms with Gasteiger partial charge in [0.15, 0.2) is 0 Å². The van der Waals surface area contributed by atoms with Crippen molar-refractivity contribution in [1.29, 1.82) is 0 Å². The second kappa shape index (κ2) is 6.62. The maximum absolute atomic E-state index is 5.33. The second-order valence-electron chi connectivity index (χ2n) is 4.65. The van der Waals surface area contributed by atoms with Crippen molar-refractivity contribution in [3.05, 3.63) is 11.9 Å². The van der Waals surface area contributed by atoms with Crippen molar-refractivity contribution in [2.75, 3.05) is 40.5 Å². The largest absolute Gasteiger partial charge is 0.467 e. The Kier molecular flexibility index (Phi) is 4.39. The van der Waals surface area contributed by atoms with E-state index in [1.807, 2.05) is 0 Å². The lowest BCUT2D eigenvalue weighted by Gasteiger charge is -2.25. The monoisotopic (exact) mass is 307 g/mol. The topological polar surface area (TPSA) is 100 Å². The summed E-state index contributed by atoms with van der Waals surface area (Å²) >= 11 is 0. The smallest absolute Gasteiger partial charge is 0.324 e. The normalized spacial score (nSPS) is 15.7. The molecule has 2 aromatic rings. The minimum Gasteiger partial charge on any atom is -0.467 e. The van der Waals surface area contributed by atoms with Gasteiger partial charge < -0.3 is 14.2 Å². The quantitative estimate of drug-likeness (QED) is 0.709. The molecule has 0 bridgehead atoms. The second-order valence-corrected chi connectivity index (χ2v) is 4.65. The van der Waals surface area contributed by atoms with E-state index in [4.69, 9.17) is 14.2 Å². The summed E-state index contributed by atoms with van der Waals surface area (Å²) in [5, 5.41) is 8.19. The molecule has 10 heteroatoms. The van der Waals surface area contributed by atoms with Gasteiger partial charge in [0, 0.05) is 19.6 Å². The molecule has 2 aromatic heterocycles. The molecule has 3 rings (SSSR count). The van der Waals surface area contributed by atoms with Crippen LogP contribution in [-0.4, -0.2) is 75.4 Å². The molecule has 0 spiro atoms. The Balaban J connectivity index is 1.77. The van der Waals surface area contributed by atoms with E-state index in [9.17, 15) is 0 Å². The predicted octanol–water partition coefficient (Wildman–Crippen LogP) is -0.698. The van der Waals surface area contributed by atoms with E-state index in [2.05, 4.69) is 30.2 Å². The summed E-state index contributed by atoms with van der Waals surface area (Å²) in [5.74, 6) is 0.296. The molecular weight excluding hydrogens is 290 g/mol. The Morgan fingerprint density at radius 1 is 1.09 bits per heavy atom. The molecule has 1 fully saturated rings. The molecule has 118 valence electrons. The third-order valence-corrected chi connectivity index (χ3v) is 3.18. The van der Waals surface area contributed by atoms with Crippen molar-refractivity contribution in [3.63, 3.8) is 0 Å². The fourth-order valence-electron chi connectivity index (χ4n) is 2.07. The van der Waals surface area contributed by atoms with Crippen LogP contribution in [0.4, 0.5) is 0 Å². The fourth-order valence-corrected chi connectivity index (χ4v) is 2.07.